The maximum Gasteiger partial charge on any atom is 0.418 e. The van der Waals surface area contributed by atoms with Gasteiger partial charge >= 0.3 is 6.18 Å². The van der Waals surface area contributed by atoms with Crippen LogP contribution in [0.15, 0.2) is 71.6 Å². The van der Waals surface area contributed by atoms with Gasteiger partial charge < -0.3 is 15.1 Å². The molecule has 0 saturated carbocycles. The number of anilines is 2. The SMILES string of the molecule is Cc1c(C(=O)Nc2ccc(NC(=O)c3ccco3)cc2C(F)(F)F)cnn1-c1ccccn1. The quantitative estimate of drug-likeness (QED) is 0.455. The minimum Gasteiger partial charge on any atom is -0.459 e. The van der Waals surface area contributed by atoms with E-state index in [1.165, 1.54) is 35.3 Å². The Balaban J connectivity index is 1.59. The number of amides is 2. The van der Waals surface area contributed by atoms with Crippen LogP contribution in [-0.2, 0) is 6.18 Å². The molecular weight excluding hydrogens is 439 g/mol. The molecule has 33 heavy (non-hydrogen) atoms. The molecule has 3 aromatic heterocycles. The van der Waals surface area contributed by atoms with Crippen molar-refractivity contribution in [3.8, 4) is 5.82 Å². The van der Waals surface area contributed by atoms with Crippen molar-refractivity contribution < 1.29 is 27.2 Å². The number of nitrogens with zero attached hydrogens (tertiary/aromatic N) is 3. The number of alkyl halides is 3. The number of rotatable bonds is 5. The number of furan rings is 1. The molecule has 0 aliphatic rings. The van der Waals surface area contributed by atoms with Crippen LogP contribution in [0.3, 0.4) is 0 Å². The minimum absolute atomic E-state index is 0.0543. The van der Waals surface area contributed by atoms with Crippen LogP contribution < -0.4 is 10.6 Å². The van der Waals surface area contributed by atoms with Gasteiger partial charge in [0.05, 0.1) is 35.0 Å². The zero-order valence-electron chi connectivity index (χ0n) is 17.1. The van der Waals surface area contributed by atoms with E-state index < -0.39 is 29.2 Å². The lowest BCUT2D eigenvalue weighted by Crippen LogP contribution is -2.18. The Kier molecular flexibility index (Phi) is 5.69. The maximum atomic E-state index is 13.7. The fourth-order valence-electron chi connectivity index (χ4n) is 3.10. The minimum atomic E-state index is -4.79. The monoisotopic (exact) mass is 455 g/mol. The van der Waals surface area contributed by atoms with Crippen LogP contribution >= 0.6 is 0 Å². The van der Waals surface area contributed by atoms with Crippen molar-refractivity contribution >= 4 is 23.2 Å². The lowest BCUT2D eigenvalue weighted by Gasteiger charge is -2.15. The third kappa shape index (κ3) is 4.61. The molecule has 0 fully saturated rings. The summed E-state index contributed by atoms with van der Waals surface area (Å²) in [5, 5.41) is 8.72. The first-order valence-electron chi connectivity index (χ1n) is 9.57. The number of benzene rings is 1. The molecule has 8 nitrogen and oxygen atoms in total. The second kappa shape index (κ2) is 8.61. The molecule has 11 heteroatoms. The zero-order valence-corrected chi connectivity index (χ0v) is 17.1. The highest BCUT2D eigenvalue weighted by Gasteiger charge is 2.35. The van der Waals surface area contributed by atoms with Gasteiger partial charge in [0, 0.05) is 11.9 Å². The van der Waals surface area contributed by atoms with Gasteiger partial charge in [-0.2, -0.15) is 18.3 Å². The van der Waals surface area contributed by atoms with Crippen molar-refractivity contribution in [2.75, 3.05) is 10.6 Å². The Hall–Kier alpha value is -4.41. The van der Waals surface area contributed by atoms with Gasteiger partial charge in [0.2, 0.25) is 0 Å². The highest BCUT2D eigenvalue weighted by molar-refractivity contribution is 6.06. The maximum absolute atomic E-state index is 13.7. The van der Waals surface area contributed by atoms with Crippen LogP contribution in [0.5, 0.6) is 0 Å². The third-order valence-corrected chi connectivity index (χ3v) is 4.70. The smallest absolute Gasteiger partial charge is 0.418 e. The Morgan fingerprint density at radius 1 is 1.03 bits per heavy atom. The van der Waals surface area contributed by atoms with Crippen LogP contribution in [0, 0.1) is 6.92 Å². The Bertz CT molecular complexity index is 1300. The second-order valence-electron chi connectivity index (χ2n) is 6.89. The molecule has 0 aliphatic heterocycles. The molecule has 0 aliphatic carbocycles. The largest absolute Gasteiger partial charge is 0.459 e. The summed E-state index contributed by atoms with van der Waals surface area (Å²) in [6, 6.07) is 11.0. The lowest BCUT2D eigenvalue weighted by molar-refractivity contribution is -0.136. The van der Waals surface area contributed by atoms with Gasteiger partial charge in [-0.25, -0.2) is 9.67 Å². The Morgan fingerprint density at radius 3 is 2.52 bits per heavy atom. The van der Waals surface area contributed by atoms with E-state index >= 15 is 0 Å². The number of halogens is 3. The van der Waals surface area contributed by atoms with E-state index in [0.717, 1.165) is 12.1 Å². The molecule has 0 unspecified atom stereocenters. The summed E-state index contributed by atoms with van der Waals surface area (Å²) in [4.78, 5) is 29.0. The summed E-state index contributed by atoms with van der Waals surface area (Å²) in [6.07, 6.45) is -0.712. The normalized spacial score (nSPS) is 11.3. The summed E-state index contributed by atoms with van der Waals surface area (Å²) in [5.74, 6) is -1.07. The van der Waals surface area contributed by atoms with Gasteiger partial charge in [0.25, 0.3) is 11.8 Å². The van der Waals surface area contributed by atoms with Crippen LogP contribution in [0.4, 0.5) is 24.5 Å². The third-order valence-electron chi connectivity index (χ3n) is 4.70. The van der Waals surface area contributed by atoms with Crippen LogP contribution in [-0.4, -0.2) is 26.6 Å². The Labute approximate surface area is 185 Å². The van der Waals surface area contributed by atoms with Gasteiger partial charge in [0.15, 0.2) is 11.6 Å². The zero-order chi connectivity index (χ0) is 23.6. The van der Waals surface area contributed by atoms with Crippen molar-refractivity contribution in [3.63, 3.8) is 0 Å². The number of carbonyl (C=O) groups is 2. The fraction of sp³-hybridized carbons (Fsp3) is 0.0909. The molecule has 0 spiro atoms. The highest BCUT2D eigenvalue weighted by Crippen LogP contribution is 2.37. The summed E-state index contributed by atoms with van der Waals surface area (Å²) in [5.41, 5.74) is -1.21. The number of hydrogen-bond acceptors (Lipinski definition) is 5. The number of aromatic nitrogens is 3. The summed E-state index contributed by atoms with van der Waals surface area (Å²) >= 11 is 0. The van der Waals surface area contributed by atoms with Crippen molar-refractivity contribution in [1.29, 1.82) is 0 Å². The number of pyridine rings is 1. The van der Waals surface area contributed by atoms with Crippen molar-refractivity contribution in [1.82, 2.24) is 14.8 Å². The molecule has 0 atom stereocenters. The first kappa shape index (κ1) is 21.8. The van der Waals surface area contributed by atoms with Crippen LogP contribution in [0.1, 0.15) is 32.2 Å². The van der Waals surface area contributed by atoms with Crippen LogP contribution in [0.2, 0.25) is 0 Å². The second-order valence-corrected chi connectivity index (χ2v) is 6.89. The highest BCUT2D eigenvalue weighted by atomic mass is 19.4. The molecule has 2 amide bonds. The van der Waals surface area contributed by atoms with Crippen molar-refractivity contribution in [2.24, 2.45) is 0 Å². The van der Waals surface area contributed by atoms with Gasteiger partial charge in [-0.1, -0.05) is 6.07 Å². The molecular formula is C22H16F3N5O3. The topological polar surface area (TPSA) is 102 Å². The Morgan fingerprint density at radius 2 is 1.85 bits per heavy atom. The van der Waals surface area contributed by atoms with E-state index in [4.69, 9.17) is 4.42 Å². The van der Waals surface area contributed by atoms with E-state index in [-0.39, 0.29) is 17.0 Å². The summed E-state index contributed by atoms with van der Waals surface area (Å²) in [7, 11) is 0. The standard InChI is InChI=1S/C22H16F3N5O3/c1-13-15(12-27-30(13)19-6-2-3-9-26-19)20(31)29-17-8-7-14(11-16(17)22(23,24)25)28-21(32)18-5-4-10-33-18/h2-12H,1H3,(H,28,32)(H,29,31). The number of nitrogens with one attached hydrogen (secondary N) is 2. The number of hydrogen-bond donors (Lipinski definition) is 2. The van der Waals surface area contributed by atoms with E-state index in [9.17, 15) is 22.8 Å². The predicted octanol–water partition coefficient (Wildman–Crippen LogP) is 4.69. The molecule has 2 N–H and O–H groups in total. The van der Waals surface area contributed by atoms with Crippen LogP contribution in [0.25, 0.3) is 5.82 Å². The van der Waals surface area contributed by atoms with Gasteiger partial charge in [-0.3, -0.25) is 9.59 Å². The molecule has 4 rings (SSSR count). The molecule has 4 aromatic rings. The molecule has 0 bridgehead atoms. The summed E-state index contributed by atoms with van der Waals surface area (Å²) in [6.45, 7) is 1.61. The van der Waals surface area contributed by atoms with Gasteiger partial charge in [-0.05, 0) is 49.4 Å². The average Bonchev–Trinajstić information content (AvgIpc) is 3.45. The van der Waals surface area contributed by atoms with Crippen molar-refractivity contribution in [3.05, 3.63) is 89.8 Å². The predicted molar refractivity (Wildman–Crippen MR) is 112 cm³/mol. The van der Waals surface area contributed by atoms with Gasteiger partial charge in [-0.15, -0.1) is 0 Å². The fourth-order valence-corrected chi connectivity index (χ4v) is 3.10. The van der Waals surface area contributed by atoms with E-state index in [0.29, 0.717) is 11.5 Å². The number of carbonyl (C=O) groups excluding carboxylic acids is 2. The molecule has 3 heterocycles. The molecule has 168 valence electrons. The van der Waals surface area contributed by atoms with E-state index in [1.54, 1.807) is 31.3 Å². The lowest BCUT2D eigenvalue weighted by atomic mass is 10.1. The first-order valence-corrected chi connectivity index (χ1v) is 9.57. The molecule has 1 aromatic carbocycles. The first-order chi connectivity index (χ1) is 15.7. The van der Waals surface area contributed by atoms with E-state index in [1.807, 2.05) is 0 Å². The summed E-state index contributed by atoms with van der Waals surface area (Å²) < 4.78 is 47.4. The van der Waals surface area contributed by atoms with Crippen molar-refractivity contribution in [2.45, 2.75) is 13.1 Å². The van der Waals surface area contributed by atoms with Gasteiger partial charge in [0.1, 0.15) is 0 Å². The molecule has 0 radical (unpaired) electrons. The average molecular weight is 455 g/mol. The van der Waals surface area contributed by atoms with E-state index in [2.05, 4.69) is 20.7 Å². The molecule has 0 saturated heterocycles.